The molecule has 2 heterocycles. The van der Waals surface area contributed by atoms with E-state index in [2.05, 4.69) is 10.6 Å². The molecule has 31 heavy (non-hydrogen) atoms. The molecule has 2 aliphatic rings. The third-order valence-corrected chi connectivity index (χ3v) is 5.17. The van der Waals surface area contributed by atoms with Crippen molar-refractivity contribution in [1.82, 2.24) is 15.5 Å². The second-order valence-electron chi connectivity index (χ2n) is 8.98. The Balaban J connectivity index is 1.43. The van der Waals surface area contributed by atoms with E-state index in [4.69, 9.17) is 14.2 Å². The zero-order valence-corrected chi connectivity index (χ0v) is 18.3. The molecule has 170 valence electrons. The lowest BCUT2D eigenvalue weighted by Crippen LogP contribution is -2.71. The third-order valence-electron chi connectivity index (χ3n) is 5.17. The van der Waals surface area contributed by atoms with Crippen LogP contribution in [-0.4, -0.2) is 66.5 Å². The van der Waals surface area contributed by atoms with Crippen LogP contribution in [0.25, 0.3) is 0 Å². The molecule has 2 aliphatic heterocycles. The number of nitrogens with one attached hydrogen (secondary N) is 2. The number of benzene rings is 1. The maximum absolute atomic E-state index is 12.8. The number of alkyl carbamates (subject to hydrolysis) is 1. The van der Waals surface area contributed by atoms with Crippen LogP contribution < -0.4 is 10.6 Å². The summed E-state index contributed by atoms with van der Waals surface area (Å²) < 4.78 is 15.8. The van der Waals surface area contributed by atoms with Crippen LogP contribution in [0, 0.1) is 0 Å². The summed E-state index contributed by atoms with van der Waals surface area (Å²) >= 11 is 0. The molecule has 0 radical (unpaired) electrons. The summed E-state index contributed by atoms with van der Waals surface area (Å²) in [5, 5.41) is 5.63. The van der Waals surface area contributed by atoms with Crippen LogP contribution >= 0.6 is 0 Å². The molecule has 0 spiro atoms. The molecule has 1 aromatic carbocycles. The molecule has 9 heteroatoms. The molecule has 3 amide bonds. The lowest BCUT2D eigenvalue weighted by Gasteiger charge is -2.42. The van der Waals surface area contributed by atoms with Gasteiger partial charge < -0.3 is 29.7 Å². The molecule has 1 aromatic rings. The molecular weight excluding hydrogens is 402 g/mol. The maximum Gasteiger partial charge on any atom is 0.410 e. The van der Waals surface area contributed by atoms with Gasteiger partial charge in [-0.2, -0.15) is 0 Å². The first-order valence-corrected chi connectivity index (χ1v) is 10.5. The molecule has 9 nitrogen and oxygen atoms in total. The normalized spacial score (nSPS) is 18.5. The summed E-state index contributed by atoms with van der Waals surface area (Å²) in [5.74, 6) is -0.297. The molecule has 0 saturated carbocycles. The van der Waals surface area contributed by atoms with E-state index in [1.54, 1.807) is 25.7 Å². The molecular formula is C22H31N3O6. The van der Waals surface area contributed by atoms with Crippen LogP contribution in [0.2, 0.25) is 0 Å². The Morgan fingerprint density at radius 1 is 1.13 bits per heavy atom. The van der Waals surface area contributed by atoms with Gasteiger partial charge in [0.05, 0.1) is 13.2 Å². The summed E-state index contributed by atoms with van der Waals surface area (Å²) in [6.45, 7) is 6.68. The van der Waals surface area contributed by atoms with Crippen LogP contribution in [0.4, 0.5) is 9.59 Å². The van der Waals surface area contributed by atoms with E-state index in [-0.39, 0.29) is 37.9 Å². The molecule has 2 fully saturated rings. The van der Waals surface area contributed by atoms with Crippen LogP contribution in [0.5, 0.6) is 0 Å². The van der Waals surface area contributed by atoms with Gasteiger partial charge in [0, 0.05) is 19.1 Å². The van der Waals surface area contributed by atoms with Crippen LogP contribution in [-0.2, 0) is 25.6 Å². The van der Waals surface area contributed by atoms with E-state index in [9.17, 15) is 14.4 Å². The minimum Gasteiger partial charge on any atom is -0.445 e. The van der Waals surface area contributed by atoms with Crippen molar-refractivity contribution in [3.8, 4) is 0 Å². The SMILES string of the molecule is CC(C)(C)OC(=O)NC1(C(=O)NC2CCN(C(=O)OCc3ccccc3)CC2)COC1. The van der Waals surface area contributed by atoms with E-state index in [0.29, 0.717) is 25.9 Å². The summed E-state index contributed by atoms with van der Waals surface area (Å²) in [4.78, 5) is 38.9. The molecule has 0 unspecified atom stereocenters. The zero-order chi connectivity index (χ0) is 22.5. The monoisotopic (exact) mass is 433 g/mol. The molecule has 2 N–H and O–H groups in total. The van der Waals surface area contributed by atoms with Crippen molar-refractivity contribution in [2.75, 3.05) is 26.3 Å². The molecule has 0 aliphatic carbocycles. The predicted octanol–water partition coefficient (Wildman–Crippen LogP) is 2.20. The fourth-order valence-corrected chi connectivity index (χ4v) is 3.41. The fraction of sp³-hybridized carbons (Fsp3) is 0.591. The second-order valence-corrected chi connectivity index (χ2v) is 8.98. The van der Waals surface area contributed by atoms with Gasteiger partial charge in [-0.3, -0.25) is 4.79 Å². The second kappa shape index (κ2) is 9.55. The average molecular weight is 434 g/mol. The Labute approximate surface area is 182 Å². The van der Waals surface area contributed by atoms with Crippen molar-refractivity contribution < 1.29 is 28.6 Å². The Bertz CT molecular complexity index is 780. The van der Waals surface area contributed by atoms with Crippen molar-refractivity contribution >= 4 is 18.1 Å². The lowest BCUT2D eigenvalue weighted by atomic mass is 9.94. The van der Waals surface area contributed by atoms with Gasteiger partial charge in [0.2, 0.25) is 0 Å². The minimum absolute atomic E-state index is 0.0939. The largest absolute Gasteiger partial charge is 0.445 e. The topological polar surface area (TPSA) is 106 Å². The maximum atomic E-state index is 12.8. The van der Waals surface area contributed by atoms with Gasteiger partial charge in [-0.25, -0.2) is 9.59 Å². The smallest absolute Gasteiger partial charge is 0.410 e. The average Bonchev–Trinajstić information content (AvgIpc) is 2.69. The highest BCUT2D eigenvalue weighted by Gasteiger charge is 2.48. The van der Waals surface area contributed by atoms with Gasteiger partial charge in [0.25, 0.3) is 5.91 Å². The Morgan fingerprint density at radius 2 is 1.77 bits per heavy atom. The Kier molecular flexibility index (Phi) is 7.04. The number of carbonyl (C=O) groups is 3. The van der Waals surface area contributed by atoms with Gasteiger partial charge in [-0.15, -0.1) is 0 Å². The van der Waals surface area contributed by atoms with Gasteiger partial charge in [0.1, 0.15) is 12.2 Å². The number of ether oxygens (including phenoxy) is 3. The van der Waals surface area contributed by atoms with Gasteiger partial charge in [-0.05, 0) is 39.2 Å². The van der Waals surface area contributed by atoms with Crippen molar-refractivity contribution in [1.29, 1.82) is 0 Å². The highest BCUT2D eigenvalue weighted by molar-refractivity contribution is 5.91. The van der Waals surface area contributed by atoms with Crippen LogP contribution in [0.3, 0.4) is 0 Å². The van der Waals surface area contributed by atoms with E-state index in [1.807, 2.05) is 30.3 Å². The molecule has 0 atom stereocenters. The van der Waals surface area contributed by atoms with E-state index >= 15 is 0 Å². The van der Waals surface area contributed by atoms with Crippen molar-refractivity contribution in [3.05, 3.63) is 35.9 Å². The molecule has 2 saturated heterocycles. The van der Waals surface area contributed by atoms with Gasteiger partial charge in [-0.1, -0.05) is 30.3 Å². The zero-order valence-electron chi connectivity index (χ0n) is 18.3. The first kappa shape index (κ1) is 22.9. The lowest BCUT2D eigenvalue weighted by molar-refractivity contribution is -0.148. The predicted molar refractivity (Wildman–Crippen MR) is 112 cm³/mol. The highest BCUT2D eigenvalue weighted by atomic mass is 16.6. The number of rotatable bonds is 5. The number of nitrogens with zero attached hydrogens (tertiary/aromatic N) is 1. The Hall–Kier alpha value is -2.81. The highest BCUT2D eigenvalue weighted by Crippen LogP contribution is 2.21. The Morgan fingerprint density at radius 3 is 2.32 bits per heavy atom. The molecule has 3 rings (SSSR count). The summed E-state index contributed by atoms with van der Waals surface area (Å²) in [6, 6.07) is 9.42. The summed E-state index contributed by atoms with van der Waals surface area (Å²) in [7, 11) is 0. The fourth-order valence-electron chi connectivity index (χ4n) is 3.41. The van der Waals surface area contributed by atoms with Crippen molar-refractivity contribution in [2.45, 2.75) is 57.4 Å². The number of amides is 3. The standard InChI is InChI=1S/C22H31N3O6/c1-21(2,3)31-19(27)24-22(14-29-15-22)18(26)23-17-9-11-25(12-10-17)20(28)30-13-16-7-5-4-6-8-16/h4-8,17H,9-15H2,1-3H3,(H,23,26)(H,24,27). The number of hydrogen-bond donors (Lipinski definition) is 2. The minimum atomic E-state index is -1.12. The quantitative estimate of drug-likeness (QED) is 0.737. The molecule has 0 aromatic heterocycles. The number of carbonyl (C=O) groups excluding carboxylic acids is 3. The van der Waals surface area contributed by atoms with Gasteiger partial charge >= 0.3 is 12.2 Å². The first-order valence-electron chi connectivity index (χ1n) is 10.5. The van der Waals surface area contributed by atoms with Crippen molar-refractivity contribution in [3.63, 3.8) is 0 Å². The number of likely N-dealkylation sites (tertiary alicyclic amines) is 1. The number of piperidine rings is 1. The van der Waals surface area contributed by atoms with E-state index in [1.165, 1.54) is 0 Å². The van der Waals surface area contributed by atoms with E-state index in [0.717, 1.165) is 5.56 Å². The van der Waals surface area contributed by atoms with Crippen LogP contribution in [0.1, 0.15) is 39.2 Å². The first-order chi connectivity index (χ1) is 14.7. The van der Waals surface area contributed by atoms with Crippen LogP contribution in [0.15, 0.2) is 30.3 Å². The van der Waals surface area contributed by atoms with Crippen molar-refractivity contribution in [2.24, 2.45) is 0 Å². The molecule has 0 bridgehead atoms. The number of hydrogen-bond acceptors (Lipinski definition) is 6. The van der Waals surface area contributed by atoms with Gasteiger partial charge in [0.15, 0.2) is 5.54 Å². The third kappa shape index (κ3) is 6.33. The summed E-state index contributed by atoms with van der Waals surface area (Å²) in [5.41, 5.74) is -0.842. The van der Waals surface area contributed by atoms with E-state index < -0.39 is 17.2 Å². The summed E-state index contributed by atoms with van der Waals surface area (Å²) in [6.07, 6.45) is 0.205.